The van der Waals surface area contributed by atoms with E-state index in [9.17, 15) is 0 Å². The zero-order valence-electron chi connectivity index (χ0n) is 178. The Balaban J connectivity index is 0.00000129. The maximum Gasteiger partial charge on any atom is 0.0628 e. The zero-order valence-corrected chi connectivity index (χ0v) is 60.5. The molecule has 0 aliphatic rings. The van der Waals surface area contributed by atoms with E-state index in [0.717, 1.165) is 30.7 Å². The average molecular weight is 1590 g/mol. The Labute approximate surface area is 840 Å². The van der Waals surface area contributed by atoms with E-state index in [1.54, 1.807) is 26.0 Å². The molecular formula is C109H164. The van der Waals surface area contributed by atoms with Crippen molar-refractivity contribution in [2.24, 2.45) is 0 Å². The number of hydrogen-bond acceptors (Lipinski definition) is 0. The third-order valence-electron chi connectivity index (χ3n) is 14.2. The fourth-order valence-corrected chi connectivity index (χ4v) is 8.58. The van der Waals surface area contributed by atoms with Crippen molar-refractivity contribution >= 4 is 0 Å². The van der Waals surface area contributed by atoms with Gasteiger partial charge in [0.05, 0.1) is 12.3 Å². The normalized spacial score (nSPS) is 31.9. The lowest BCUT2D eigenvalue weighted by Crippen LogP contribution is -2.23. The van der Waals surface area contributed by atoms with Crippen LogP contribution in [0.5, 0.6) is 0 Å². The van der Waals surface area contributed by atoms with Crippen LogP contribution in [0.15, 0.2) is 176 Å². The van der Waals surface area contributed by atoms with E-state index in [4.69, 9.17) is 160 Å². The van der Waals surface area contributed by atoms with Crippen LogP contribution in [0.25, 0.3) is 0 Å². The van der Waals surface area contributed by atoms with Gasteiger partial charge in [-0.15, -0.1) is 0 Å². The van der Waals surface area contributed by atoms with E-state index >= 15 is 0 Å². The molecule has 0 aliphatic heterocycles. The van der Waals surface area contributed by atoms with Crippen LogP contribution in [0.1, 0.15) is 505 Å². The van der Waals surface area contributed by atoms with Gasteiger partial charge in [-0.1, -0.05) is 420 Å². The molecular weight excluding hydrogens is 1310 g/mol. The molecule has 0 nitrogen and oxygen atoms in total. The molecule has 0 radical (unpaired) electrons. The van der Waals surface area contributed by atoms with Crippen LogP contribution in [-0.2, 0) is 54.1 Å². The van der Waals surface area contributed by atoms with Crippen LogP contribution in [0.3, 0.4) is 0 Å². The molecule has 0 fully saturated rings. The summed E-state index contributed by atoms with van der Waals surface area (Å²) in [6.07, 6.45) is 0. The van der Waals surface area contributed by atoms with E-state index in [-0.39, 0.29) is 56.6 Å². The Morgan fingerprint density at radius 3 is 1.02 bits per heavy atom. The Kier molecular flexibility index (Phi) is 8.15. The highest BCUT2D eigenvalue weighted by atomic mass is 14.3. The summed E-state index contributed by atoms with van der Waals surface area (Å²) in [4.78, 5) is 0. The molecule has 0 N–H and O–H groups in total. The van der Waals surface area contributed by atoms with Gasteiger partial charge in [-0.3, -0.25) is 0 Å². The molecule has 0 atom stereocenters. The second-order valence-electron chi connectivity index (χ2n) is 24.6. The van der Waals surface area contributed by atoms with Crippen LogP contribution < -0.4 is 0 Å². The maximum atomic E-state index is 8.12. The smallest absolute Gasteiger partial charge is 0.0620 e. The molecule has 9 aromatic carbocycles. The third-order valence-corrected chi connectivity index (χ3v) is 14.2. The summed E-state index contributed by atoms with van der Waals surface area (Å²) in [7, 11) is 0. The average Bonchev–Trinajstić information content (AvgIpc) is 0.658. The van der Waals surface area contributed by atoms with E-state index < -0.39 is 433 Å². The topological polar surface area (TPSA) is 0 Å². The first-order valence-corrected chi connectivity index (χ1v) is 31.1. The van der Waals surface area contributed by atoms with Crippen LogP contribution in [0.2, 0.25) is 0 Å². The minimum atomic E-state index is -4.24. The number of aryl methyl sites for hydroxylation is 5. The van der Waals surface area contributed by atoms with Crippen LogP contribution >= 0.6 is 0 Å². The predicted octanol–water partition coefficient (Wildman–Crippen LogP) is 32.8. The fraction of sp³-hybridized carbons (Fsp3) is 0.505. The second-order valence-corrected chi connectivity index (χ2v) is 24.6. The molecule has 0 heteroatoms. The molecule has 0 amide bonds. The summed E-state index contributed by atoms with van der Waals surface area (Å²) >= 11 is 0. The molecule has 0 unspecified atom stereocenters. The monoisotopic (exact) mass is 1590 g/mol. The summed E-state index contributed by atoms with van der Waals surface area (Å²) < 4.78 is 904. The lowest BCUT2D eigenvalue weighted by atomic mass is 9.73. The minimum absolute atomic E-state index is 0.0387. The van der Waals surface area contributed by atoms with E-state index in [1.165, 1.54) is 107 Å². The highest BCUT2D eigenvalue weighted by molar-refractivity contribution is 5.47. The van der Waals surface area contributed by atoms with Gasteiger partial charge in [0.15, 0.2) is 0 Å². The molecule has 600 valence electrons. The first kappa shape index (κ1) is 21.7. The Hall–Kier alpha value is -7.02. The maximum absolute atomic E-state index is 8.12. The van der Waals surface area contributed by atoms with Gasteiger partial charge in [0.1, 0.15) is 0 Å². The molecule has 0 aliphatic carbocycles. The molecule has 0 bridgehead atoms. The molecule has 109 heavy (non-hydrogen) atoms. The number of rotatable bonds is 0. The molecule has 0 saturated heterocycles. The third kappa shape index (κ3) is 36.3. The molecule has 0 heterocycles. The number of hydrogen-bond donors (Lipinski definition) is 0. The van der Waals surface area contributed by atoms with Crippen LogP contribution in [-0.4, -0.2) is 0 Å². The van der Waals surface area contributed by atoms with Crippen molar-refractivity contribution in [3.63, 3.8) is 0 Å². The standard InChI is InChI=1S/C19H32.C15H24.C12H18.4C11H16.C10H14.C9H12/c1-13-15(18(5,6)7)11-14(17(2,3)4)12-16(13)19(8,9)10;1-11-8-12(14(2,3)4)10-13(9-11)15(5,6)7;1-9-7-6-8-11(10(9)2)12(3,4)5;1-9-5-7-10(8-6-9)11(2,3)4;1-9-6-5-7-10(8-9)11(2,3)4;2*1-9-7-5-6-8-10(9)11(2,3)4;1-7-5-8(2)10(4)9(3)6-7;1-7-4-8(2)6-9(3)5-7/h11-12H,1-10H3;8-10H,1-7H3;6-8H,1-5H3;4*5-8H,1-4H3;5-6H,1-4H3;4-6H,1-3H3/i2D3,3D3,4D3,5D3,6D3,7D3,8D3,9D3,10D3;2D3,3D3,4D3,5D3,6D3,7D3;1D3,3D3,4D3,5D3;2*2D3,3D3,4D3;2D3,3D3,4D3,5D,6D,7D,8D;2D3,3D3,4D3;1D3,2D3,3D3,5D,6D;1D3,2D3,4D,5D,6D. The first-order valence-electron chi connectivity index (χ1n) is 89.6. The van der Waals surface area contributed by atoms with Gasteiger partial charge in [0, 0.05) is 148 Å². The highest BCUT2D eigenvalue weighted by Crippen LogP contribution is 2.39. The Morgan fingerprint density at radius 1 is 0.202 bits per heavy atom. The van der Waals surface area contributed by atoms with E-state index in [2.05, 4.69) is 0 Å². The Bertz CT molecular complexity index is 8380. The molecule has 9 rings (SSSR count). The van der Waals surface area contributed by atoms with Crippen molar-refractivity contribution in [2.45, 2.75) is 363 Å². The molecule has 0 spiro atoms. The number of benzene rings is 9. The lowest BCUT2D eigenvalue weighted by Gasteiger charge is -2.32. The molecule has 0 aromatic heterocycles. The molecule has 9 aromatic rings. The van der Waals surface area contributed by atoms with E-state index in [1.807, 2.05) is 0 Å². The first-order chi connectivity index (χ1) is 97.7. The van der Waals surface area contributed by atoms with Crippen molar-refractivity contribution in [1.29, 1.82) is 0 Å². The summed E-state index contributed by atoms with van der Waals surface area (Å²) in [5.41, 5.74) is -48.1. The van der Waals surface area contributed by atoms with E-state index in [0.29, 0.717) is 24.1 Å². The Morgan fingerprint density at radius 2 is 0.569 bits per heavy atom. The summed E-state index contributed by atoms with van der Waals surface area (Å²) in [6, 6.07) is 16.3. The van der Waals surface area contributed by atoms with Crippen LogP contribution in [0, 0.1) is 103 Å². The van der Waals surface area contributed by atoms with Crippen molar-refractivity contribution in [3.8, 4) is 0 Å². The van der Waals surface area contributed by atoms with Gasteiger partial charge in [-0.2, -0.15) is 0 Å². The van der Waals surface area contributed by atoms with Gasteiger partial charge in [-0.25, -0.2) is 0 Å². The zero-order chi connectivity index (χ0) is 183. The lowest BCUT2D eigenvalue weighted by molar-refractivity contribution is 0.542. The molecule has 0 saturated carbocycles. The second kappa shape index (κ2) is 41.0. The fourth-order valence-electron chi connectivity index (χ4n) is 8.58. The summed E-state index contributed by atoms with van der Waals surface area (Å²) in [6.45, 7) is -115. The van der Waals surface area contributed by atoms with Crippen molar-refractivity contribution in [2.75, 3.05) is 0 Å². The predicted molar refractivity (Wildman–Crippen MR) is 496 cm³/mol. The van der Waals surface area contributed by atoms with Gasteiger partial charge in [0.25, 0.3) is 0 Å². The largest absolute Gasteiger partial charge is 0.0628 e. The van der Waals surface area contributed by atoms with Crippen molar-refractivity contribution in [1.82, 2.24) is 0 Å². The van der Waals surface area contributed by atoms with Gasteiger partial charge < -0.3 is 0 Å². The summed E-state index contributed by atoms with van der Waals surface area (Å²) in [5.74, 6) is 0. The van der Waals surface area contributed by atoms with Gasteiger partial charge >= 0.3 is 0 Å². The highest BCUT2D eigenvalue weighted by Gasteiger charge is 2.28. The summed E-state index contributed by atoms with van der Waals surface area (Å²) in [5, 5.41) is 0. The van der Waals surface area contributed by atoms with Gasteiger partial charge in [0.2, 0.25) is 0 Å². The van der Waals surface area contributed by atoms with Gasteiger partial charge in [-0.05, 0) is 258 Å². The van der Waals surface area contributed by atoms with Crippen molar-refractivity contribution in [3.05, 3.63) is 315 Å². The minimum Gasteiger partial charge on any atom is -0.0620 e. The quantitative estimate of drug-likeness (QED) is 0.142. The van der Waals surface area contributed by atoms with Crippen LogP contribution in [0.4, 0.5) is 0 Å². The van der Waals surface area contributed by atoms with Crippen molar-refractivity contribution < 1.29 is 160 Å². The SMILES string of the molecule is [2H]C([2H])([2H])C(c1cc(C(C([2H])([2H])[2H])(C([2H])([2H])[2H])C([2H])([2H])[2H])c(C)c(C(C([2H])([2H])[2H])(C([2H])([2H])[2H])C([2H])([2H])[2H])c1)(C([2H])([2H])[2H])C([2H])([2H])[2H].[2H]C([2H])([2H])C(c1cc(C)cc(C(C([2H])([2H])[2H])(C([2H])([2H])[2H])C([2H])([2H])[2H])c1)(C([2H])([2H])[2H])C([2H])([2H])[2H].[2H]C([2H])([2H])C(c1ccc(C)cc1)(C([2H])([2H])[2H])C([2H])([2H])[2H].[2H]C([2H])([2H])C(c1cccc(C)c1)(C([2H])([2H])[2H])C([2H])([2H])[2H].[2H]C([2H])([2H])C(c1ccccc1C)(C([2H])([2H])[2H])C([2H])([2H])[2H].[2H]C([2H])([2H])c1cccc(C(C([2H])([2H])[2H])(C([2H])([2H])[2H])C([2H])([2H])[2H])c1C.[2H]c1c(C([2H])([2H])[2H])c([2H])c(C([2H])([2H])[2H])c(C)c1C([2H])([2H])[2H].[2H]c1c(C)c([2H])c(C([2H])([2H])[2H])c([2H])c1C([2H])([2H])[2H].[2H]c1c([2H])c([2H])c(C(C([2H])([2H])[2H])(C([2H])([2H])[2H])C([2H])([2H])[2H])c(C)c1[2H].